The molecule has 1 saturated heterocycles. The maximum absolute atomic E-state index is 14.6. The molecule has 1 aromatic carbocycles. The Balaban J connectivity index is 1.37. The molecule has 48 heavy (non-hydrogen) atoms. The number of carbonyl (C=O) groups excluding carboxylic acids is 3. The van der Waals surface area contributed by atoms with Crippen LogP contribution in [0.5, 0.6) is 5.88 Å². The van der Waals surface area contributed by atoms with Gasteiger partial charge < -0.3 is 24.2 Å². The predicted molar refractivity (Wildman–Crippen MR) is 181 cm³/mol. The number of hydrogen-bond donors (Lipinski definition) is 2. The Morgan fingerprint density at radius 2 is 1.92 bits per heavy atom. The molecule has 5 atom stereocenters. The highest BCUT2D eigenvalue weighted by Crippen LogP contribution is 2.71. The van der Waals surface area contributed by atoms with E-state index in [-0.39, 0.29) is 56.1 Å². The molecule has 2 aliphatic heterocycles. The largest absolute Gasteiger partial charge is 0.472 e. The molecule has 2 saturated carbocycles. The molecule has 1 amide bonds. The highest BCUT2D eigenvalue weighted by molar-refractivity contribution is 7.54. The van der Waals surface area contributed by atoms with Crippen molar-refractivity contribution >= 4 is 36.0 Å². The average molecular weight is 681 g/mol. The number of benzene rings is 1. The molecular formula is C37H49N2O8P. The van der Waals surface area contributed by atoms with Gasteiger partial charge in [0.05, 0.1) is 36.7 Å². The van der Waals surface area contributed by atoms with Crippen LogP contribution in [0.2, 0.25) is 0 Å². The number of ether oxygens (including phenoxy) is 2. The Labute approximate surface area is 282 Å². The van der Waals surface area contributed by atoms with Crippen LogP contribution in [0, 0.1) is 23.2 Å². The number of fused-ring (bicyclic) bond motifs is 3. The monoisotopic (exact) mass is 680 g/mol. The fourth-order valence-corrected chi connectivity index (χ4v) is 9.61. The topological polar surface area (TPSA) is 143 Å². The van der Waals surface area contributed by atoms with Crippen molar-refractivity contribution in [1.82, 2.24) is 9.88 Å². The Bertz CT molecular complexity index is 1610. The van der Waals surface area contributed by atoms with Crippen molar-refractivity contribution in [1.29, 1.82) is 0 Å². The van der Waals surface area contributed by atoms with Crippen molar-refractivity contribution < 1.29 is 38.2 Å². The third-order valence-corrected chi connectivity index (χ3v) is 13.1. The zero-order valence-corrected chi connectivity index (χ0v) is 29.0. The Kier molecular flexibility index (Phi) is 9.91. The minimum atomic E-state index is -4.65. The molecule has 2 N–H and O–H groups in total. The minimum absolute atomic E-state index is 0.0266. The first-order valence-corrected chi connectivity index (χ1v) is 19.1. The van der Waals surface area contributed by atoms with Gasteiger partial charge in [0, 0.05) is 24.4 Å². The molecule has 0 radical (unpaired) electrons. The maximum atomic E-state index is 14.6. The molecule has 10 nitrogen and oxygen atoms in total. The van der Waals surface area contributed by atoms with Crippen molar-refractivity contribution in [3.8, 4) is 5.88 Å². The molecule has 6 rings (SSSR count). The van der Waals surface area contributed by atoms with Gasteiger partial charge in [-0.3, -0.25) is 18.9 Å². The first kappa shape index (κ1) is 34.8. The summed E-state index contributed by atoms with van der Waals surface area (Å²) in [7, 11) is -4.65. The molecular weight excluding hydrogens is 631 g/mol. The van der Waals surface area contributed by atoms with E-state index in [4.69, 9.17) is 9.47 Å². The number of Topliss-reactive ketones (excluding diaryl/α,β-unsaturated/α-hetero) is 1. The molecule has 4 bridgehead atoms. The standard InChI is InChI=1S/C37H49N2O8P/c1-4-27-20-37(27,48(43,44)45)21-32(40)31-18-28-22-39(31)35(42)30(25-10-6-5-7-11-25)19-33(41)46-23-36(2,3)15-8-9-24-12-13-26-14-16-38-34(47-28)29(26)17-24/h4,12-14,16-17,25,27-28,30-31H,1,5-11,15,18-23H2,2-3H3,(H2,43,44,45)/t27?,28-,30+,31+,37?/m1/s1. The van der Waals surface area contributed by atoms with Crippen LogP contribution in [0.25, 0.3) is 10.8 Å². The molecule has 3 fully saturated rings. The van der Waals surface area contributed by atoms with E-state index in [1.54, 1.807) is 6.20 Å². The van der Waals surface area contributed by atoms with E-state index in [0.717, 1.165) is 67.7 Å². The van der Waals surface area contributed by atoms with Crippen LogP contribution in [-0.4, -0.2) is 67.8 Å². The van der Waals surface area contributed by atoms with Gasteiger partial charge in [0.25, 0.3) is 0 Å². The van der Waals surface area contributed by atoms with Gasteiger partial charge in [-0.15, -0.1) is 6.58 Å². The fourth-order valence-electron chi connectivity index (χ4n) is 8.28. The van der Waals surface area contributed by atoms with Crippen LogP contribution < -0.4 is 4.74 Å². The van der Waals surface area contributed by atoms with Gasteiger partial charge in [-0.25, -0.2) is 4.98 Å². The summed E-state index contributed by atoms with van der Waals surface area (Å²) in [6, 6.07) is 7.20. The first-order chi connectivity index (χ1) is 22.8. The highest BCUT2D eigenvalue weighted by atomic mass is 31.2. The number of amides is 1. The lowest BCUT2D eigenvalue weighted by atomic mass is 9.77. The van der Waals surface area contributed by atoms with Gasteiger partial charge in [0.1, 0.15) is 6.10 Å². The summed E-state index contributed by atoms with van der Waals surface area (Å²) < 4.78 is 25.0. The maximum Gasteiger partial charge on any atom is 0.332 e. The van der Waals surface area contributed by atoms with Crippen molar-refractivity contribution in [2.75, 3.05) is 13.2 Å². The lowest BCUT2D eigenvalue weighted by molar-refractivity contribution is -0.154. The number of pyridine rings is 1. The van der Waals surface area contributed by atoms with E-state index in [2.05, 4.69) is 37.5 Å². The quantitative estimate of drug-likeness (QED) is 0.208. The number of rotatable bonds is 6. The van der Waals surface area contributed by atoms with Crippen LogP contribution in [0.1, 0.15) is 90.0 Å². The molecule has 260 valence electrons. The summed E-state index contributed by atoms with van der Waals surface area (Å²) in [6.07, 6.45) is 9.71. The van der Waals surface area contributed by atoms with Crippen LogP contribution in [0.3, 0.4) is 0 Å². The fraction of sp³-hybridized carbons (Fsp3) is 0.622. The van der Waals surface area contributed by atoms with Gasteiger partial charge in [-0.1, -0.05) is 51.3 Å². The van der Waals surface area contributed by atoms with Crippen molar-refractivity contribution in [2.24, 2.45) is 23.2 Å². The predicted octanol–water partition coefficient (Wildman–Crippen LogP) is 6.16. The highest BCUT2D eigenvalue weighted by Gasteiger charge is 2.65. The number of hydrogen-bond acceptors (Lipinski definition) is 7. The van der Waals surface area contributed by atoms with Crippen molar-refractivity contribution in [2.45, 2.75) is 108 Å². The van der Waals surface area contributed by atoms with Crippen LogP contribution in [-0.2, 0) is 30.1 Å². The lowest BCUT2D eigenvalue weighted by Gasteiger charge is -2.34. The molecule has 2 unspecified atom stereocenters. The SMILES string of the molecule is C=CC1CC1(CC(=O)[C@@H]1C[C@@H]2CN1C(=O)[C@H](C1CCCCC1)CC(=O)OCC(C)(C)CCCc1ccc3ccnc(c3c1)O2)P(=O)(O)O. The number of cyclic esters (lactones) is 1. The Morgan fingerprint density at radius 1 is 1.15 bits per heavy atom. The summed E-state index contributed by atoms with van der Waals surface area (Å²) in [4.78, 5) is 68.8. The molecule has 11 heteroatoms. The smallest absolute Gasteiger partial charge is 0.332 e. The van der Waals surface area contributed by atoms with E-state index in [1.165, 1.54) is 11.0 Å². The van der Waals surface area contributed by atoms with Crippen molar-refractivity contribution in [3.63, 3.8) is 0 Å². The van der Waals surface area contributed by atoms with Gasteiger partial charge >= 0.3 is 13.6 Å². The van der Waals surface area contributed by atoms with E-state index in [1.807, 2.05) is 12.1 Å². The number of nitrogens with zero attached hydrogens (tertiary/aromatic N) is 2. The summed E-state index contributed by atoms with van der Waals surface area (Å²) in [6.45, 7) is 8.24. The van der Waals surface area contributed by atoms with Crippen LogP contribution in [0.4, 0.5) is 0 Å². The summed E-state index contributed by atoms with van der Waals surface area (Å²) in [5.41, 5.74) is 0.878. The van der Waals surface area contributed by atoms with Crippen LogP contribution >= 0.6 is 7.60 Å². The second-order valence-corrected chi connectivity index (χ2v) is 17.4. The molecule has 4 aliphatic rings. The zero-order chi connectivity index (χ0) is 34.3. The molecule has 0 spiro atoms. The second kappa shape index (κ2) is 13.7. The Hall–Kier alpha value is -3.07. The zero-order valence-electron chi connectivity index (χ0n) is 28.1. The van der Waals surface area contributed by atoms with Gasteiger partial charge in [0.2, 0.25) is 11.8 Å². The van der Waals surface area contributed by atoms with E-state index >= 15 is 0 Å². The normalized spacial score (nSPS) is 30.3. The average Bonchev–Trinajstić information content (AvgIpc) is 3.63. The molecule has 2 aromatic rings. The summed E-state index contributed by atoms with van der Waals surface area (Å²) >= 11 is 0. The van der Waals surface area contributed by atoms with Gasteiger partial charge in [-0.05, 0) is 78.9 Å². The lowest BCUT2D eigenvalue weighted by Crippen LogP contribution is -2.47. The number of carbonyl (C=O) groups is 3. The van der Waals surface area contributed by atoms with Crippen LogP contribution in [0.15, 0.2) is 43.1 Å². The van der Waals surface area contributed by atoms with Gasteiger partial charge in [0.15, 0.2) is 5.78 Å². The summed E-state index contributed by atoms with van der Waals surface area (Å²) in [5, 5.41) is 0.317. The van der Waals surface area contributed by atoms with E-state index < -0.39 is 48.5 Å². The van der Waals surface area contributed by atoms with E-state index in [0.29, 0.717) is 5.88 Å². The Morgan fingerprint density at radius 3 is 2.62 bits per heavy atom. The number of aromatic nitrogens is 1. The number of ketones is 1. The number of aryl methyl sites for hydroxylation is 1. The second-order valence-electron chi connectivity index (χ2n) is 15.4. The molecule has 2 aliphatic carbocycles. The minimum Gasteiger partial charge on any atom is -0.472 e. The summed E-state index contributed by atoms with van der Waals surface area (Å²) in [5.74, 6) is -1.87. The number of allylic oxidation sites excluding steroid dienone is 1. The first-order valence-electron chi connectivity index (χ1n) is 17.5. The van der Waals surface area contributed by atoms with E-state index in [9.17, 15) is 28.7 Å². The molecule has 1 aromatic heterocycles. The number of esters is 1. The third kappa shape index (κ3) is 7.26. The van der Waals surface area contributed by atoms with Gasteiger partial charge in [-0.2, -0.15) is 0 Å². The third-order valence-electron chi connectivity index (χ3n) is 11.3. The van der Waals surface area contributed by atoms with Crippen molar-refractivity contribution in [3.05, 3.63) is 48.7 Å². The molecule has 3 heterocycles.